The first-order valence-electron chi connectivity index (χ1n) is 6.03. The molecule has 0 radical (unpaired) electrons. The summed E-state index contributed by atoms with van der Waals surface area (Å²) in [6.45, 7) is 0. The smallest absolute Gasteiger partial charge is 0.267 e. The number of imidazole rings is 1. The molecule has 0 aliphatic heterocycles. The van der Waals surface area contributed by atoms with Crippen LogP contribution in [-0.2, 0) is 0 Å². The molecule has 0 unspecified atom stereocenters. The van der Waals surface area contributed by atoms with Crippen molar-refractivity contribution < 1.29 is 5.11 Å². The molecule has 2 aromatic carbocycles. The summed E-state index contributed by atoms with van der Waals surface area (Å²) >= 11 is 0. The molecule has 0 bridgehead atoms. The van der Waals surface area contributed by atoms with Crippen LogP contribution in [0.2, 0.25) is 0 Å². The van der Waals surface area contributed by atoms with Crippen LogP contribution < -0.4 is 11.2 Å². The maximum absolute atomic E-state index is 12.5. The van der Waals surface area contributed by atoms with E-state index in [1.807, 2.05) is 30.3 Å². The van der Waals surface area contributed by atoms with Gasteiger partial charge in [0.05, 0.1) is 5.59 Å². The monoisotopic (exact) mass is 248 g/mol. The summed E-state index contributed by atoms with van der Waals surface area (Å²) in [6, 6.07) is 11.4. The second-order valence-corrected chi connectivity index (χ2v) is 4.69. The number of fused-ring (bicyclic) bond motifs is 2. The van der Waals surface area contributed by atoms with Gasteiger partial charge in [-0.3, -0.25) is 4.79 Å². The lowest BCUT2D eigenvalue weighted by Crippen LogP contribution is -2.13. The lowest BCUT2D eigenvalue weighted by Gasteiger charge is -2.06. The molecule has 0 saturated carbocycles. The highest BCUT2D eigenvalue weighted by molar-refractivity contribution is 6.33. The second-order valence-electron chi connectivity index (χ2n) is 4.69. The van der Waals surface area contributed by atoms with Crippen LogP contribution in [-0.4, -0.2) is 22.3 Å². The van der Waals surface area contributed by atoms with Gasteiger partial charge in [0.1, 0.15) is 5.65 Å². The Morgan fingerprint density at radius 1 is 1.11 bits per heavy atom. The van der Waals surface area contributed by atoms with E-state index >= 15 is 0 Å². The summed E-state index contributed by atoms with van der Waals surface area (Å²) in [5.41, 5.74) is 0.759. The molecule has 19 heavy (non-hydrogen) atoms. The van der Waals surface area contributed by atoms with E-state index in [0.29, 0.717) is 16.6 Å². The van der Waals surface area contributed by atoms with Crippen molar-refractivity contribution in [1.82, 2.24) is 9.38 Å². The minimum Gasteiger partial charge on any atom is -0.493 e. The summed E-state index contributed by atoms with van der Waals surface area (Å²) in [4.78, 5) is 16.8. The van der Waals surface area contributed by atoms with Gasteiger partial charge in [0, 0.05) is 16.2 Å². The molecule has 1 N–H and O–H groups in total. The van der Waals surface area contributed by atoms with Gasteiger partial charge in [0.25, 0.3) is 5.56 Å². The lowest BCUT2D eigenvalue weighted by atomic mass is 10.0. The molecule has 2 heterocycles. The molecule has 5 heteroatoms. The number of nitrogens with zero attached hydrogens (tertiary/aromatic N) is 2. The lowest BCUT2D eigenvalue weighted by molar-refractivity contribution is 0.451. The Bertz CT molecular complexity index is 1000. The van der Waals surface area contributed by atoms with Crippen molar-refractivity contribution in [2.45, 2.75) is 0 Å². The van der Waals surface area contributed by atoms with Crippen molar-refractivity contribution in [3.8, 4) is 5.88 Å². The number of rotatable bonds is 0. The van der Waals surface area contributed by atoms with Gasteiger partial charge in [-0.25, -0.2) is 9.38 Å². The SMILES string of the molecule is Bc1nc2c3cccc4cccc(c(=O)n2c1O)c43. The Morgan fingerprint density at radius 2 is 1.79 bits per heavy atom. The maximum atomic E-state index is 12.5. The average molecular weight is 248 g/mol. The van der Waals surface area contributed by atoms with Crippen LogP contribution in [0, 0.1) is 0 Å². The van der Waals surface area contributed by atoms with E-state index in [-0.39, 0.29) is 11.4 Å². The third-order valence-electron chi connectivity index (χ3n) is 3.60. The minimum absolute atomic E-state index is 0.0773. The molecule has 90 valence electrons. The standard InChI is InChI=1S/C14H9BN2O2/c15-11-14(19)17-12(16-11)8-5-1-3-7-4-2-6-9(10(7)8)13(17)18/h1-6,19H,15H2. The molecule has 4 rings (SSSR count). The van der Waals surface area contributed by atoms with Crippen molar-refractivity contribution in [3.63, 3.8) is 0 Å². The third kappa shape index (κ3) is 1.14. The Balaban J connectivity index is 2.51. The molecule has 0 amide bonds. The van der Waals surface area contributed by atoms with E-state index in [0.717, 1.165) is 16.2 Å². The highest BCUT2D eigenvalue weighted by Gasteiger charge is 2.16. The van der Waals surface area contributed by atoms with E-state index in [2.05, 4.69) is 4.98 Å². The summed E-state index contributed by atoms with van der Waals surface area (Å²) in [5, 5.41) is 13.4. The molecule has 0 saturated heterocycles. The Morgan fingerprint density at radius 3 is 2.53 bits per heavy atom. The van der Waals surface area contributed by atoms with Crippen LogP contribution in [0.15, 0.2) is 41.2 Å². The fourth-order valence-electron chi connectivity index (χ4n) is 2.72. The Labute approximate surface area is 108 Å². The molecule has 2 aromatic heterocycles. The fraction of sp³-hybridized carbons (Fsp3) is 0. The first-order chi connectivity index (χ1) is 9.18. The molecule has 0 atom stereocenters. The van der Waals surface area contributed by atoms with E-state index < -0.39 is 0 Å². The van der Waals surface area contributed by atoms with Crippen molar-refractivity contribution in [2.75, 3.05) is 0 Å². The summed E-state index contributed by atoms with van der Waals surface area (Å²) in [7, 11) is 1.69. The number of hydrogen-bond donors (Lipinski definition) is 1. The van der Waals surface area contributed by atoms with E-state index in [4.69, 9.17) is 0 Å². The largest absolute Gasteiger partial charge is 0.493 e. The van der Waals surface area contributed by atoms with E-state index in [1.165, 1.54) is 4.40 Å². The fourth-order valence-corrected chi connectivity index (χ4v) is 2.72. The van der Waals surface area contributed by atoms with E-state index in [1.54, 1.807) is 13.9 Å². The van der Waals surface area contributed by atoms with Gasteiger partial charge in [-0.15, -0.1) is 0 Å². The zero-order chi connectivity index (χ0) is 13.1. The first kappa shape index (κ1) is 10.4. The van der Waals surface area contributed by atoms with Gasteiger partial charge in [-0.2, -0.15) is 0 Å². The Hall–Kier alpha value is -2.56. The van der Waals surface area contributed by atoms with Gasteiger partial charge >= 0.3 is 0 Å². The average Bonchev–Trinajstić information content (AvgIpc) is 2.72. The minimum atomic E-state index is -0.225. The maximum Gasteiger partial charge on any atom is 0.267 e. The van der Waals surface area contributed by atoms with E-state index in [9.17, 15) is 9.90 Å². The molecule has 4 aromatic rings. The third-order valence-corrected chi connectivity index (χ3v) is 3.60. The predicted octanol–water partition coefficient (Wildman–Crippen LogP) is 0.403. The second kappa shape index (κ2) is 3.26. The van der Waals surface area contributed by atoms with Crippen molar-refractivity contribution in [1.29, 1.82) is 0 Å². The van der Waals surface area contributed by atoms with Crippen molar-refractivity contribution >= 4 is 40.6 Å². The molecule has 0 aliphatic carbocycles. The van der Waals surface area contributed by atoms with Crippen LogP contribution in [0.1, 0.15) is 0 Å². The number of aromatic nitrogens is 2. The molecule has 0 aliphatic rings. The number of aromatic hydroxyl groups is 1. The normalized spacial score (nSPS) is 11.8. The number of benzene rings is 2. The van der Waals surface area contributed by atoms with Crippen LogP contribution in [0.4, 0.5) is 0 Å². The van der Waals surface area contributed by atoms with Crippen LogP contribution in [0.3, 0.4) is 0 Å². The van der Waals surface area contributed by atoms with Crippen molar-refractivity contribution in [3.05, 3.63) is 46.8 Å². The molecule has 0 fully saturated rings. The van der Waals surface area contributed by atoms with Gasteiger partial charge in [0.15, 0.2) is 7.85 Å². The topological polar surface area (TPSA) is 54.6 Å². The molecular formula is C14H9BN2O2. The highest BCUT2D eigenvalue weighted by atomic mass is 16.3. The van der Waals surface area contributed by atoms with Gasteiger partial charge in [-0.05, 0) is 11.5 Å². The molecular weight excluding hydrogens is 239 g/mol. The number of pyridine rings is 1. The Kier molecular flexibility index (Phi) is 1.78. The zero-order valence-corrected chi connectivity index (χ0v) is 10.2. The number of hydrogen-bond acceptors (Lipinski definition) is 3. The van der Waals surface area contributed by atoms with Crippen LogP contribution in [0.5, 0.6) is 5.88 Å². The zero-order valence-electron chi connectivity index (χ0n) is 10.2. The summed E-state index contributed by atoms with van der Waals surface area (Å²) < 4.78 is 1.28. The van der Waals surface area contributed by atoms with Gasteiger partial charge < -0.3 is 5.11 Å². The summed E-state index contributed by atoms with van der Waals surface area (Å²) in [6.07, 6.45) is 0. The van der Waals surface area contributed by atoms with Gasteiger partial charge in [-0.1, -0.05) is 30.3 Å². The quantitative estimate of drug-likeness (QED) is 0.458. The highest BCUT2D eigenvalue weighted by Crippen LogP contribution is 2.27. The van der Waals surface area contributed by atoms with Crippen LogP contribution in [0.25, 0.3) is 27.2 Å². The summed E-state index contributed by atoms with van der Waals surface area (Å²) in [5.74, 6) is -0.0773. The first-order valence-corrected chi connectivity index (χ1v) is 6.03. The van der Waals surface area contributed by atoms with Gasteiger partial charge in [0.2, 0.25) is 5.88 Å². The predicted molar refractivity (Wildman–Crippen MR) is 77.5 cm³/mol. The van der Waals surface area contributed by atoms with Crippen molar-refractivity contribution in [2.24, 2.45) is 0 Å². The molecule has 4 nitrogen and oxygen atoms in total. The molecule has 0 spiro atoms. The van der Waals surface area contributed by atoms with Crippen LogP contribution >= 0.6 is 0 Å².